The van der Waals surface area contributed by atoms with Crippen LogP contribution in [0.4, 0.5) is 0 Å². The number of aromatic hydroxyl groups is 1. The molecule has 2 atom stereocenters. The third-order valence-electron chi connectivity index (χ3n) is 4.72. The quantitative estimate of drug-likeness (QED) is 0.835. The molecule has 0 amide bonds. The number of nitrogens with one attached hydrogen (secondary N) is 1. The smallest absolute Gasteiger partial charge is 0.120 e. The Morgan fingerprint density at radius 2 is 2.05 bits per heavy atom. The molecule has 21 heavy (non-hydrogen) atoms. The molecule has 3 nitrogen and oxygen atoms in total. The Balaban J connectivity index is 2.10. The molecule has 0 aromatic heterocycles. The van der Waals surface area contributed by atoms with E-state index >= 15 is 0 Å². The van der Waals surface area contributed by atoms with Crippen LogP contribution in [-0.4, -0.2) is 25.4 Å². The standard InChI is InChI=1S/C18H29NO2/c1-12-6-7-15(20)17-14(10-13(2)16(12)17)19-11-18(3,4)8-9-21-5/h6-7,13-14,19-20H,8-11H2,1-5H3. The number of ether oxygens (including phenoxy) is 1. The van der Waals surface area contributed by atoms with Crippen LogP contribution >= 0.6 is 0 Å². The van der Waals surface area contributed by atoms with Gasteiger partial charge in [0.25, 0.3) is 0 Å². The summed E-state index contributed by atoms with van der Waals surface area (Å²) in [6, 6.07) is 4.11. The fraction of sp³-hybridized carbons (Fsp3) is 0.667. The predicted octanol–water partition coefficient (Wildman–Crippen LogP) is 3.90. The molecule has 2 N–H and O–H groups in total. The highest BCUT2D eigenvalue weighted by molar-refractivity contribution is 5.50. The molecular weight excluding hydrogens is 262 g/mol. The first-order valence-electron chi connectivity index (χ1n) is 7.90. The van der Waals surface area contributed by atoms with E-state index in [1.807, 2.05) is 12.1 Å². The first kappa shape index (κ1) is 16.3. The lowest BCUT2D eigenvalue weighted by molar-refractivity contribution is 0.148. The van der Waals surface area contributed by atoms with Gasteiger partial charge in [0.15, 0.2) is 0 Å². The summed E-state index contributed by atoms with van der Waals surface area (Å²) in [4.78, 5) is 0. The molecule has 0 heterocycles. The van der Waals surface area contributed by atoms with E-state index < -0.39 is 0 Å². The average Bonchev–Trinajstić information content (AvgIpc) is 2.77. The van der Waals surface area contributed by atoms with E-state index in [1.165, 1.54) is 11.1 Å². The van der Waals surface area contributed by atoms with Gasteiger partial charge < -0.3 is 15.2 Å². The summed E-state index contributed by atoms with van der Waals surface area (Å²) in [5.41, 5.74) is 3.94. The number of benzene rings is 1. The molecule has 0 aliphatic heterocycles. The molecule has 0 saturated carbocycles. The van der Waals surface area contributed by atoms with Gasteiger partial charge in [0.1, 0.15) is 5.75 Å². The molecule has 3 heteroatoms. The molecule has 1 aliphatic rings. The van der Waals surface area contributed by atoms with Crippen LogP contribution in [0, 0.1) is 12.3 Å². The van der Waals surface area contributed by atoms with Gasteiger partial charge in [0.05, 0.1) is 0 Å². The van der Waals surface area contributed by atoms with Crippen LogP contribution in [0.15, 0.2) is 12.1 Å². The van der Waals surface area contributed by atoms with Gasteiger partial charge in [0, 0.05) is 31.9 Å². The molecular formula is C18H29NO2. The number of aryl methyl sites for hydroxylation is 1. The third kappa shape index (κ3) is 3.58. The SMILES string of the molecule is COCCC(C)(C)CNC1CC(C)c2c(C)ccc(O)c21. The first-order valence-corrected chi connectivity index (χ1v) is 7.90. The Kier molecular flexibility index (Phi) is 4.95. The number of hydrogen-bond acceptors (Lipinski definition) is 3. The molecule has 0 radical (unpaired) electrons. The number of hydrogen-bond donors (Lipinski definition) is 2. The maximum absolute atomic E-state index is 10.3. The molecule has 1 aliphatic carbocycles. The van der Waals surface area contributed by atoms with Crippen LogP contribution in [-0.2, 0) is 4.74 Å². The van der Waals surface area contributed by atoms with Crippen molar-refractivity contribution in [1.29, 1.82) is 0 Å². The van der Waals surface area contributed by atoms with Crippen molar-refractivity contribution in [1.82, 2.24) is 5.32 Å². The lowest BCUT2D eigenvalue weighted by Crippen LogP contribution is -2.32. The minimum Gasteiger partial charge on any atom is -0.508 e. The topological polar surface area (TPSA) is 41.5 Å². The molecule has 2 rings (SSSR count). The maximum Gasteiger partial charge on any atom is 0.120 e. The predicted molar refractivity (Wildman–Crippen MR) is 86.9 cm³/mol. The molecule has 118 valence electrons. The summed E-state index contributed by atoms with van der Waals surface area (Å²) < 4.78 is 5.19. The van der Waals surface area contributed by atoms with Gasteiger partial charge in [0.2, 0.25) is 0 Å². The maximum atomic E-state index is 10.3. The van der Waals surface area contributed by atoms with Crippen LogP contribution in [0.2, 0.25) is 0 Å². The molecule has 1 aromatic carbocycles. The lowest BCUT2D eigenvalue weighted by atomic mass is 9.89. The number of phenols is 1. The van der Waals surface area contributed by atoms with Gasteiger partial charge in [-0.05, 0) is 48.3 Å². The number of fused-ring (bicyclic) bond motifs is 1. The number of phenolic OH excluding ortho intramolecular Hbond substituents is 1. The largest absolute Gasteiger partial charge is 0.508 e. The second-order valence-corrected chi connectivity index (χ2v) is 7.21. The molecule has 0 spiro atoms. The summed E-state index contributed by atoms with van der Waals surface area (Å²) in [5, 5.41) is 13.9. The van der Waals surface area contributed by atoms with Crippen molar-refractivity contribution >= 4 is 0 Å². The Labute approximate surface area is 128 Å². The molecule has 0 bridgehead atoms. The van der Waals surface area contributed by atoms with Gasteiger partial charge in [-0.15, -0.1) is 0 Å². The zero-order valence-corrected chi connectivity index (χ0v) is 14.0. The summed E-state index contributed by atoms with van der Waals surface area (Å²) in [5.74, 6) is 0.943. The molecule has 0 saturated heterocycles. The van der Waals surface area contributed by atoms with Crippen molar-refractivity contribution in [3.8, 4) is 5.75 Å². The van der Waals surface area contributed by atoms with Gasteiger partial charge in [-0.1, -0.05) is 26.8 Å². The Morgan fingerprint density at radius 1 is 1.33 bits per heavy atom. The van der Waals surface area contributed by atoms with Crippen LogP contribution in [0.25, 0.3) is 0 Å². The van der Waals surface area contributed by atoms with Gasteiger partial charge in [-0.3, -0.25) is 0 Å². The van der Waals surface area contributed by atoms with E-state index in [0.29, 0.717) is 11.7 Å². The zero-order valence-electron chi connectivity index (χ0n) is 14.0. The fourth-order valence-corrected chi connectivity index (χ4v) is 3.40. The van der Waals surface area contributed by atoms with Crippen molar-refractivity contribution in [2.75, 3.05) is 20.3 Å². The summed E-state index contributed by atoms with van der Waals surface area (Å²) in [7, 11) is 1.75. The second kappa shape index (κ2) is 6.37. The lowest BCUT2D eigenvalue weighted by Gasteiger charge is -2.27. The van der Waals surface area contributed by atoms with Crippen molar-refractivity contribution in [3.63, 3.8) is 0 Å². The monoisotopic (exact) mass is 291 g/mol. The highest BCUT2D eigenvalue weighted by Gasteiger charge is 2.32. The van der Waals surface area contributed by atoms with E-state index in [2.05, 4.69) is 33.0 Å². The van der Waals surface area contributed by atoms with E-state index in [9.17, 15) is 5.11 Å². The zero-order chi connectivity index (χ0) is 15.6. The Hall–Kier alpha value is -1.06. The van der Waals surface area contributed by atoms with Gasteiger partial charge in [-0.2, -0.15) is 0 Å². The summed E-state index contributed by atoms with van der Waals surface area (Å²) in [6.07, 6.45) is 2.10. The molecule has 2 unspecified atom stereocenters. The van der Waals surface area contributed by atoms with Crippen molar-refractivity contribution in [2.24, 2.45) is 5.41 Å². The van der Waals surface area contributed by atoms with Gasteiger partial charge in [-0.25, -0.2) is 0 Å². The fourth-order valence-electron chi connectivity index (χ4n) is 3.40. The number of rotatable bonds is 6. The minimum absolute atomic E-state index is 0.196. The van der Waals surface area contributed by atoms with Crippen molar-refractivity contribution < 1.29 is 9.84 Å². The third-order valence-corrected chi connectivity index (χ3v) is 4.72. The van der Waals surface area contributed by atoms with Crippen LogP contribution < -0.4 is 5.32 Å². The Bertz CT molecular complexity index is 496. The summed E-state index contributed by atoms with van der Waals surface area (Å²) >= 11 is 0. The average molecular weight is 291 g/mol. The van der Waals surface area contributed by atoms with Crippen LogP contribution in [0.5, 0.6) is 5.75 Å². The minimum atomic E-state index is 0.196. The number of methoxy groups -OCH3 is 1. The van der Waals surface area contributed by atoms with E-state index in [4.69, 9.17) is 4.74 Å². The van der Waals surface area contributed by atoms with Gasteiger partial charge >= 0.3 is 0 Å². The highest BCUT2D eigenvalue weighted by atomic mass is 16.5. The van der Waals surface area contributed by atoms with Crippen LogP contribution in [0.3, 0.4) is 0 Å². The highest BCUT2D eigenvalue weighted by Crippen LogP contribution is 2.46. The second-order valence-electron chi connectivity index (χ2n) is 7.21. The van der Waals surface area contributed by atoms with E-state index in [1.54, 1.807) is 7.11 Å². The van der Waals surface area contributed by atoms with E-state index in [0.717, 1.165) is 31.6 Å². The van der Waals surface area contributed by atoms with Crippen LogP contribution in [0.1, 0.15) is 62.3 Å². The molecule has 1 aromatic rings. The first-order chi connectivity index (χ1) is 9.85. The Morgan fingerprint density at radius 3 is 2.71 bits per heavy atom. The molecule has 0 fully saturated rings. The van der Waals surface area contributed by atoms with Crippen molar-refractivity contribution in [2.45, 2.75) is 52.5 Å². The summed E-state index contributed by atoms with van der Waals surface area (Å²) in [6.45, 7) is 10.6. The van der Waals surface area contributed by atoms with Crippen molar-refractivity contribution in [3.05, 3.63) is 28.8 Å². The van der Waals surface area contributed by atoms with E-state index in [-0.39, 0.29) is 11.5 Å². The normalized spacial score (nSPS) is 21.6.